The monoisotopic (exact) mass is 306 g/mol. The molecule has 0 bridgehead atoms. The minimum Gasteiger partial charge on any atom is -0.327 e. The SMILES string of the molecule is Cc1ccc(NC(=O)CC(C)N)cc1S(C)(=O)=O.Cl. The Morgan fingerprint density at radius 3 is 2.47 bits per heavy atom. The Bertz CT molecular complexity index is 556. The molecule has 1 unspecified atom stereocenters. The molecule has 108 valence electrons. The van der Waals surface area contributed by atoms with Gasteiger partial charge in [0, 0.05) is 24.4 Å². The number of nitrogens with two attached hydrogens (primary N) is 1. The summed E-state index contributed by atoms with van der Waals surface area (Å²) in [5.74, 6) is -0.228. The first-order valence-corrected chi connectivity index (χ1v) is 7.45. The fourth-order valence-corrected chi connectivity index (χ4v) is 2.58. The second kappa shape index (κ2) is 6.88. The lowest BCUT2D eigenvalue weighted by Crippen LogP contribution is -2.24. The van der Waals surface area contributed by atoms with Gasteiger partial charge in [-0.3, -0.25) is 4.79 Å². The third-order valence-corrected chi connectivity index (χ3v) is 3.62. The van der Waals surface area contributed by atoms with Crippen LogP contribution in [-0.4, -0.2) is 26.6 Å². The van der Waals surface area contributed by atoms with Gasteiger partial charge in [0.25, 0.3) is 0 Å². The third kappa shape index (κ3) is 5.59. The molecule has 0 radical (unpaired) electrons. The quantitative estimate of drug-likeness (QED) is 0.882. The molecule has 7 heteroatoms. The van der Waals surface area contributed by atoms with Crippen molar-refractivity contribution in [3.8, 4) is 0 Å². The molecule has 0 heterocycles. The summed E-state index contributed by atoms with van der Waals surface area (Å²) >= 11 is 0. The highest BCUT2D eigenvalue weighted by Crippen LogP contribution is 2.20. The van der Waals surface area contributed by atoms with Crippen LogP contribution < -0.4 is 11.1 Å². The summed E-state index contributed by atoms with van der Waals surface area (Å²) in [7, 11) is -3.29. The van der Waals surface area contributed by atoms with E-state index in [-0.39, 0.29) is 35.7 Å². The van der Waals surface area contributed by atoms with E-state index >= 15 is 0 Å². The summed E-state index contributed by atoms with van der Waals surface area (Å²) in [6.07, 6.45) is 1.34. The molecule has 1 aromatic carbocycles. The molecule has 1 amide bonds. The molecule has 0 saturated carbocycles. The summed E-state index contributed by atoms with van der Waals surface area (Å²) in [4.78, 5) is 11.8. The first kappa shape index (κ1) is 17.9. The van der Waals surface area contributed by atoms with E-state index in [1.54, 1.807) is 26.0 Å². The molecule has 3 N–H and O–H groups in total. The number of carbonyl (C=O) groups excluding carboxylic acids is 1. The van der Waals surface area contributed by atoms with Crippen LogP contribution in [-0.2, 0) is 14.6 Å². The van der Waals surface area contributed by atoms with Gasteiger partial charge in [-0.1, -0.05) is 6.07 Å². The molecule has 19 heavy (non-hydrogen) atoms. The van der Waals surface area contributed by atoms with Crippen LogP contribution in [0.3, 0.4) is 0 Å². The molecule has 0 saturated heterocycles. The van der Waals surface area contributed by atoms with Gasteiger partial charge in [0.1, 0.15) is 0 Å². The highest BCUT2D eigenvalue weighted by molar-refractivity contribution is 7.90. The van der Waals surface area contributed by atoms with Crippen LogP contribution in [0.2, 0.25) is 0 Å². The van der Waals surface area contributed by atoms with Crippen LogP contribution in [0.5, 0.6) is 0 Å². The van der Waals surface area contributed by atoms with Gasteiger partial charge in [-0.2, -0.15) is 0 Å². The van der Waals surface area contributed by atoms with Gasteiger partial charge in [0.15, 0.2) is 9.84 Å². The Labute approximate surface area is 119 Å². The Kier molecular flexibility index (Phi) is 6.48. The van der Waals surface area contributed by atoms with E-state index in [0.29, 0.717) is 11.3 Å². The van der Waals surface area contributed by atoms with Crippen LogP contribution in [0.1, 0.15) is 18.9 Å². The lowest BCUT2D eigenvalue weighted by Gasteiger charge is -2.10. The first-order chi connectivity index (χ1) is 8.20. The van der Waals surface area contributed by atoms with Gasteiger partial charge >= 0.3 is 0 Å². The van der Waals surface area contributed by atoms with E-state index in [2.05, 4.69) is 5.32 Å². The largest absolute Gasteiger partial charge is 0.327 e. The lowest BCUT2D eigenvalue weighted by molar-refractivity contribution is -0.116. The predicted molar refractivity (Wildman–Crippen MR) is 78.4 cm³/mol. The summed E-state index contributed by atoms with van der Waals surface area (Å²) in [6.45, 7) is 3.45. The van der Waals surface area contributed by atoms with Gasteiger partial charge in [0.05, 0.1) is 4.90 Å². The average molecular weight is 307 g/mol. The highest BCUT2D eigenvalue weighted by atomic mass is 35.5. The number of hydrogen-bond acceptors (Lipinski definition) is 4. The number of hydrogen-bond donors (Lipinski definition) is 2. The van der Waals surface area contributed by atoms with Crippen molar-refractivity contribution < 1.29 is 13.2 Å². The van der Waals surface area contributed by atoms with E-state index in [4.69, 9.17) is 5.73 Å². The van der Waals surface area contributed by atoms with Crippen molar-refractivity contribution in [2.75, 3.05) is 11.6 Å². The zero-order valence-corrected chi connectivity index (χ0v) is 12.8. The van der Waals surface area contributed by atoms with Gasteiger partial charge < -0.3 is 11.1 Å². The summed E-state index contributed by atoms with van der Waals surface area (Å²) < 4.78 is 23.1. The molecule has 0 aliphatic heterocycles. The topological polar surface area (TPSA) is 89.3 Å². The number of aryl methyl sites for hydroxylation is 1. The Morgan fingerprint density at radius 2 is 2.00 bits per heavy atom. The second-order valence-electron chi connectivity index (χ2n) is 4.48. The molecule has 0 aliphatic rings. The van der Waals surface area contributed by atoms with Crippen LogP contribution in [0.4, 0.5) is 5.69 Å². The predicted octanol–water partition coefficient (Wildman–Crippen LogP) is 1.50. The van der Waals surface area contributed by atoms with Gasteiger partial charge in [-0.25, -0.2) is 8.42 Å². The molecule has 1 rings (SSSR count). The molecule has 1 atom stereocenters. The van der Waals surface area contributed by atoms with E-state index < -0.39 is 9.84 Å². The maximum atomic E-state index is 11.5. The van der Waals surface area contributed by atoms with Crippen LogP contribution >= 0.6 is 12.4 Å². The fraction of sp³-hybridized carbons (Fsp3) is 0.417. The van der Waals surface area contributed by atoms with Crippen molar-refractivity contribution in [3.05, 3.63) is 23.8 Å². The minimum atomic E-state index is -3.29. The van der Waals surface area contributed by atoms with E-state index in [1.807, 2.05) is 0 Å². The number of benzene rings is 1. The average Bonchev–Trinajstić information content (AvgIpc) is 2.17. The van der Waals surface area contributed by atoms with E-state index in [0.717, 1.165) is 6.26 Å². The number of nitrogens with one attached hydrogen (secondary N) is 1. The second-order valence-corrected chi connectivity index (χ2v) is 6.47. The highest BCUT2D eigenvalue weighted by Gasteiger charge is 2.12. The van der Waals surface area contributed by atoms with Crippen molar-refractivity contribution >= 4 is 33.8 Å². The molecule has 5 nitrogen and oxygen atoms in total. The Hall–Kier alpha value is -1.11. The number of carbonyl (C=O) groups is 1. The zero-order chi connectivity index (χ0) is 13.9. The van der Waals surface area contributed by atoms with Gasteiger partial charge in [-0.05, 0) is 31.5 Å². The lowest BCUT2D eigenvalue weighted by atomic mass is 10.2. The zero-order valence-electron chi connectivity index (χ0n) is 11.1. The number of halogens is 1. The molecule has 0 spiro atoms. The number of rotatable bonds is 4. The first-order valence-electron chi connectivity index (χ1n) is 5.56. The van der Waals surface area contributed by atoms with E-state index in [9.17, 15) is 13.2 Å². The van der Waals surface area contributed by atoms with Crippen molar-refractivity contribution in [2.24, 2.45) is 5.73 Å². The normalized spacial score (nSPS) is 12.4. The molecular weight excluding hydrogens is 288 g/mol. The molecular formula is C12H19ClN2O3S. The summed E-state index contributed by atoms with van der Waals surface area (Å²) in [5.41, 5.74) is 6.63. The van der Waals surface area contributed by atoms with Crippen molar-refractivity contribution in [2.45, 2.75) is 31.2 Å². The van der Waals surface area contributed by atoms with Crippen LogP contribution in [0.25, 0.3) is 0 Å². The smallest absolute Gasteiger partial charge is 0.225 e. The number of amides is 1. The number of sulfone groups is 1. The minimum absolute atomic E-state index is 0. The summed E-state index contributed by atoms with van der Waals surface area (Å²) in [5, 5.41) is 2.63. The van der Waals surface area contributed by atoms with Crippen LogP contribution in [0.15, 0.2) is 23.1 Å². The maximum Gasteiger partial charge on any atom is 0.225 e. The molecule has 0 aromatic heterocycles. The van der Waals surface area contributed by atoms with Crippen molar-refractivity contribution in [1.82, 2.24) is 0 Å². The third-order valence-electron chi connectivity index (χ3n) is 2.38. The van der Waals surface area contributed by atoms with Gasteiger partial charge in [0.2, 0.25) is 5.91 Å². The van der Waals surface area contributed by atoms with Crippen molar-refractivity contribution in [1.29, 1.82) is 0 Å². The molecule has 0 fully saturated rings. The van der Waals surface area contributed by atoms with Crippen molar-refractivity contribution in [3.63, 3.8) is 0 Å². The fourth-order valence-electron chi connectivity index (χ4n) is 1.58. The Balaban J connectivity index is 0.00000324. The summed E-state index contributed by atoms with van der Waals surface area (Å²) in [6, 6.07) is 4.56. The standard InChI is InChI=1S/C12H18N2O3S.ClH/c1-8-4-5-10(7-11(8)18(3,16)17)14-12(15)6-9(2)13;/h4-5,7,9H,6,13H2,1-3H3,(H,14,15);1H. The van der Waals surface area contributed by atoms with Gasteiger partial charge in [-0.15, -0.1) is 12.4 Å². The number of anilines is 1. The molecule has 0 aliphatic carbocycles. The molecule has 1 aromatic rings. The Morgan fingerprint density at radius 1 is 1.42 bits per heavy atom. The van der Waals surface area contributed by atoms with E-state index in [1.165, 1.54) is 6.07 Å². The maximum absolute atomic E-state index is 11.5. The van der Waals surface area contributed by atoms with Crippen LogP contribution in [0, 0.1) is 6.92 Å².